The Bertz CT molecular complexity index is 197. The van der Waals surface area contributed by atoms with Crippen molar-refractivity contribution in [3.8, 4) is 0 Å². The van der Waals surface area contributed by atoms with Gasteiger partial charge in [-0.3, -0.25) is 9.80 Å². The van der Waals surface area contributed by atoms with Gasteiger partial charge < -0.3 is 0 Å². The first-order chi connectivity index (χ1) is 5.61. The van der Waals surface area contributed by atoms with E-state index in [0.717, 1.165) is 0 Å². The Morgan fingerprint density at radius 1 is 1.67 bits per heavy atom. The Hall–Kier alpha value is -0.830. The normalized spacial score (nSPS) is 16.8. The van der Waals surface area contributed by atoms with Crippen molar-refractivity contribution < 1.29 is 4.79 Å². The molecule has 0 aromatic rings. The minimum atomic E-state index is -0.137. The van der Waals surface area contributed by atoms with Gasteiger partial charge in [-0.25, -0.2) is 5.84 Å². The molecule has 0 spiro atoms. The molecule has 68 valence electrons. The monoisotopic (exact) mass is 168 g/mol. The highest BCUT2D eigenvalue weighted by molar-refractivity contribution is 5.91. The number of nitrogens with two attached hydrogens (primary N) is 1. The highest BCUT2D eigenvalue weighted by atomic mass is 16.2. The lowest BCUT2D eigenvalue weighted by Crippen LogP contribution is -2.42. The average molecular weight is 168 g/mol. The van der Waals surface area contributed by atoms with Crippen LogP contribution in [0.5, 0.6) is 0 Å². The van der Waals surface area contributed by atoms with E-state index in [0.29, 0.717) is 18.0 Å². The fourth-order valence-electron chi connectivity index (χ4n) is 1.28. The first kappa shape index (κ1) is 9.26. The quantitative estimate of drug-likeness (QED) is 0.296. The molecule has 0 heterocycles. The Morgan fingerprint density at radius 2 is 2.25 bits per heavy atom. The molecule has 1 rings (SSSR count). The second-order valence-corrected chi connectivity index (χ2v) is 3.53. The molecule has 0 aromatic heterocycles. The topological polar surface area (TPSA) is 46.3 Å². The molecule has 0 atom stereocenters. The fourth-order valence-corrected chi connectivity index (χ4v) is 1.28. The summed E-state index contributed by atoms with van der Waals surface area (Å²) in [6.07, 6.45) is 3.69. The lowest BCUT2D eigenvalue weighted by atomic mass is 9.85. The SMILES string of the molecule is C=C(C)C(=O)N(N)CC1CCC1. The van der Waals surface area contributed by atoms with Gasteiger partial charge >= 0.3 is 0 Å². The van der Waals surface area contributed by atoms with E-state index in [1.807, 2.05) is 0 Å². The first-order valence-electron chi connectivity index (χ1n) is 4.33. The van der Waals surface area contributed by atoms with Crippen LogP contribution in [0.2, 0.25) is 0 Å². The molecule has 2 N–H and O–H groups in total. The molecular weight excluding hydrogens is 152 g/mol. The van der Waals surface area contributed by atoms with Crippen LogP contribution in [0.25, 0.3) is 0 Å². The van der Waals surface area contributed by atoms with Crippen LogP contribution < -0.4 is 5.84 Å². The van der Waals surface area contributed by atoms with Gasteiger partial charge in [-0.15, -0.1) is 0 Å². The lowest BCUT2D eigenvalue weighted by Gasteiger charge is -2.29. The Balaban J connectivity index is 2.31. The van der Waals surface area contributed by atoms with Crippen LogP contribution in [-0.4, -0.2) is 17.5 Å². The molecule has 3 heteroatoms. The maximum Gasteiger partial charge on any atom is 0.262 e. The molecular formula is C9H16N2O. The van der Waals surface area contributed by atoms with Crippen LogP contribution >= 0.6 is 0 Å². The molecule has 0 unspecified atom stereocenters. The molecule has 1 saturated carbocycles. The average Bonchev–Trinajstić information content (AvgIpc) is 1.94. The highest BCUT2D eigenvalue weighted by Crippen LogP contribution is 2.26. The summed E-state index contributed by atoms with van der Waals surface area (Å²) >= 11 is 0. The Labute approximate surface area is 73.2 Å². The van der Waals surface area contributed by atoms with Crippen molar-refractivity contribution >= 4 is 5.91 Å². The second kappa shape index (κ2) is 3.72. The molecule has 0 radical (unpaired) electrons. The summed E-state index contributed by atoms with van der Waals surface area (Å²) in [5.41, 5.74) is 0.511. The standard InChI is InChI=1S/C9H16N2O/c1-7(2)9(12)11(10)6-8-4-3-5-8/h8H,1,3-6,10H2,2H3. The van der Waals surface area contributed by atoms with Crippen LogP contribution in [0.15, 0.2) is 12.2 Å². The highest BCUT2D eigenvalue weighted by Gasteiger charge is 2.21. The van der Waals surface area contributed by atoms with Gasteiger partial charge in [-0.1, -0.05) is 13.0 Å². The lowest BCUT2D eigenvalue weighted by molar-refractivity contribution is -0.128. The molecule has 0 bridgehead atoms. The van der Waals surface area contributed by atoms with Crippen molar-refractivity contribution in [1.29, 1.82) is 0 Å². The van der Waals surface area contributed by atoms with Gasteiger partial charge in [-0.05, 0) is 25.7 Å². The molecule has 0 aliphatic heterocycles. The predicted octanol–water partition coefficient (Wildman–Crippen LogP) is 1.06. The largest absolute Gasteiger partial charge is 0.277 e. The van der Waals surface area contributed by atoms with E-state index >= 15 is 0 Å². The van der Waals surface area contributed by atoms with E-state index in [1.165, 1.54) is 24.3 Å². The maximum atomic E-state index is 11.2. The number of rotatable bonds is 3. The van der Waals surface area contributed by atoms with Crippen molar-refractivity contribution in [2.45, 2.75) is 26.2 Å². The first-order valence-corrected chi connectivity index (χ1v) is 4.33. The second-order valence-electron chi connectivity index (χ2n) is 3.53. The number of nitrogens with zero attached hydrogens (tertiary/aromatic N) is 1. The van der Waals surface area contributed by atoms with E-state index in [1.54, 1.807) is 6.92 Å². The van der Waals surface area contributed by atoms with Crippen LogP contribution in [0, 0.1) is 5.92 Å². The van der Waals surface area contributed by atoms with Crippen molar-refractivity contribution in [2.75, 3.05) is 6.54 Å². The summed E-state index contributed by atoms with van der Waals surface area (Å²) in [6, 6.07) is 0. The van der Waals surface area contributed by atoms with E-state index in [4.69, 9.17) is 5.84 Å². The molecule has 1 amide bonds. The van der Waals surface area contributed by atoms with Crippen molar-refractivity contribution in [3.05, 3.63) is 12.2 Å². The van der Waals surface area contributed by atoms with Crippen LogP contribution in [-0.2, 0) is 4.79 Å². The zero-order valence-corrected chi connectivity index (χ0v) is 7.55. The summed E-state index contributed by atoms with van der Waals surface area (Å²) in [5.74, 6) is 6.04. The molecule has 3 nitrogen and oxygen atoms in total. The van der Waals surface area contributed by atoms with E-state index in [-0.39, 0.29) is 5.91 Å². The van der Waals surface area contributed by atoms with Gasteiger partial charge in [0.2, 0.25) is 0 Å². The number of carbonyl (C=O) groups excluding carboxylic acids is 1. The molecule has 0 saturated heterocycles. The third-order valence-electron chi connectivity index (χ3n) is 2.31. The minimum absolute atomic E-state index is 0.137. The summed E-state index contributed by atoms with van der Waals surface area (Å²) in [5, 5.41) is 1.28. The molecule has 1 fully saturated rings. The Morgan fingerprint density at radius 3 is 2.58 bits per heavy atom. The fraction of sp³-hybridized carbons (Fsp3) is 0.667. The molecule has 12 heavy (non-hydrogen) atoms. The smallest absolute Gasteiger partial charge is 0.262 e. The van der Waals surface area contributed by atoms with Crippen molar-refractivity contribution in [3.63, 3.8) is 0 Å². The number of hydrogen-bond acceptors (Lipinski definition) is 2. The number of hydrazine groups is 1. The van der Waals surface area contributed by atoms with Crippen molar-refractivity contribution in [1.82, 2.24) is 5.01 Å². The van der Waals surface area contributed by atoms with E-state index in [2.05, 4.69) is 6.58 Å². The Kier molecular flexibility index (Phi) is 2.87. The number of hydrogen-bond donors (Lipinski definition) is 1. The summed E-state index contributed by atoms with van der Waals surface area (Å²) in [7, 11) is 0. The number of carbonyl (C=O) groups is 1. The van der Waals surface area contributed by atoms with Gasteiger partial charge in [0.05, 0.1) is 0 Å². The summed E-state index contributed by atoms with van der Waals surface area (Å²) in [4.78, 5) is 11.2. The molecule has 0 aromatic carbocycles. The van der Waals surface area contributed by atoms with E-state index < -0.39 is 0 Å². The minimum Gasteiger partial charge on any atom is -0.277 e. The zero-order valence-electron chi connectivity index (χ0n) is 7.55. The zero-order chi connectivity index (χ0) is 9.14. The van der Waals surface area contributed by atoms with Crippen LogP contribution in [0.3, 0.4) is 0 Å². The maximum absolute atomic E-state index is 11.2. The predicted molar refractivity (Wildman–Crippen MR) is 48.1 cm³/mol. The van der Waals surface area contributed by atoms with Crippen molar-refractivity contribution in [2.24, 2.45) is 11.8 Å². The van der Waals surface area contributed by atoms with Gasteiger partial charge in [0, 0.05) is 12.1 Å². The van der Waals surface area contributed by atoms with Gasteiger partial charge in [0.15, 0.2) is 0 Å². The molecule has 1 aliphatic rings. The van der Waals surface area contributed by atoms with E-state index in [9.17, 15) is 4.79 Å². The van der Waals surface area contributed by atoms with Gasteiger partial charge in [0.25, 0.3) is 5.91 Å². The third-order valence-corrected chi connectivity index (χ3v) is 2.31. The number of amides is 1. The summed E-state index contributed by atoms with van der Waals surface area (Å²) in [6.45, 7) is 5.93. The van der Waals surface area contributed by atoms with Gasteiger partial charge in [0.1, 0.15) is 0 Å². The van der Waals surface area contributed by atoms with Gasteiger partial charge in [-0.2, -0.15) is 0 Å². The van der Waals surface area contributed by atoms with Crippen LogP contribution in [0.4, 0.5) is 0 Å². The summed E-state index contributed by atoms with van der Waals surface area (Å²) < 4.78 is 0. The van der Waals surface area contributed by atoms with Crippen LogP contribution in [0.1, 0.15) is 26.2 Å². The third kappa shape index (κ3) is 2.08. The molecule has 1 aliphatic carbocycles.